The number of piperidine rings is 1. The third-order valence-corrected chi connectivity index (χ3v) is 5.31. The molecule has 146 valence electrons. The first-order valence-corrected chi connectivity index (χ1v) is 9.21. The largest absolute Gasteiger partial charge is 0.361 e. The molecule has 1 atom stereocenters. The standard InChI is InChI=1S/C21H20F2N2O3/c22-15-7-8-17(18(23)11-15)20(27)24-10-4-9-21(13-24)14-25(19(26)12-28-21)16-5-2-1-3-6-16/h1-3,5-8,11H,4,9-10,12-14H2. The molecule has 1 spiro atoms. The molecule has 0 saturated carbocycles. The zero-order valence-electron chi connectivity index (χ0n) is 15.2. The van der Waals surface area contributed by atoms with E-state index in [1.54, 1.807) is 4.90 Å². The van der Waals surface area contributed by atoms with E-state index in [1.807, 2.05) is 30.3 Å². The lowest BCUT2D eigenvalue weighted by atomic mass is 9.90. The molecule has 0 radical (unpaired) electrons. The molecule has 0 bridgehead atoms. The Morgan fingerprint density at radius 1 is 1.07 bits per heavy atom. The predicted molar refractivity (Wildman–Crippen MR) is 99.0 cm³/mol. The molecule has 2 aliphatic rings. The smallest absolute Gasteiger partial charge is 0.256 e. The van der Waals surface area contributed by atoms with Crippen molar-refractivity contribution >= 4 is 17.5 Å². The van der Waals surface area contributed by atoms with Crippen molar-refractivity contribution in [2.75, 3.05) is 31.1 Å². The van der Waals surface area contributed by atoms with E-state index >= 15 is 0 Å². The van der Waals surface area contributed by atoms with Crippen LogP contribution in [0.4, 0.5) is 14.5 Å². The molecular weight excluding hydrogens is 366 g/mol. The van der Waals surface area contributed by atoms with Crippen molar-refractivity contribution < 1.29 is 23.1 Å². The molecule has 2 amide bonds. The van der Waals surface area contributed by atoms with Crippen molar-refractivity contribution in [1.82, 2.24) is 4.90 Å². The van der Waals surface area contributed by atoms with E-state index in [0.29, 0.717) is 32.0 Å². The maximum atomic E-state index is 14.1. The van der Waals surface area contributed by atoms with Gasteiger partial charge in [0, 0.05) is 18.3 Å². The van der Waals surface area contributed by atoms with Crippen LogP contribution in [0.1, 0.15) is 23.2 Å². The number of para-hydroxylation sites is 1. The van der Waals surface area contributed by atoms with Crippen LogP contribution in [0, 0.1) is 11.6 Å². The van der Waals surface area contributed by atoms with Crippen LogP contribution in [0.15, 0.2) is 48.5 Å². The van der Waals surface area contributed by atoms with Crippen molar-refractivity contribution in [3.05, 3.63) is 65.7 Å². The number of nitrogens with zero attached hydrogens (tertiary/aromatic N) is 2. The molecule has 2 fully saturated rings. The van der Waals surface area contributed by atoms with E-state index in [0.717, 1.165) is 17.8 Å². The van der Waals surface area contributed by atoms with Gasteiger partial charge in [-0.05, 0) is 37.1 Å². The van der Waals surface area contributed by atoms with Crippen LogP contribution in [-0.4, -0.2) is 48.6 Å². The summed E-state index contributed by atoms with van der Waals surface area (Å²) >= 11 is 0. The molecule has 0 aliphatic carbocycles. The number of anilines is 1. The Kier molecular flexibility index (Phi) is 4.85. The summed E-state index contributed by atoms with van der Waals surface area (Å²) in [5.41, 5.74) is -0.0813. The van der Waals surface area contributed by atoms with Gasteiger partial charge in [-0.3, -0.25) is 9.59 Å². The second-order valence-corrected chi connectivity index (χ2v) is 7.24. The van der Waals surface area contributed by atoms with E-state index in [2.05, 4.69) is 0 Å². The van der Waals surface area contributed by atoms with Gasteiger partial charge in [0.2, 0.25) is 0 Å². The fourth-order valence-corrected chi connectivity index (χ4v) is 3.91. The summed E-state index contributed by atoms with van der Waals surface area (Å²) in [5, 5.41) is 0. The number of carbonyl (C=O) groups excluding carboxylic acids is 2. The molecule has 5 nitrogen and oxygen atoms in total. The van der Waals surface area contributed by atoms with E-state index in [4.69, 9.17) is 4.74 Å². The first kappa shape index (κ1) is 18.6. The Bertz CT molecular complexity index is 906. The lowest BCUT2D eigenvalue weighted by molar-refractivity contribution is -0.144. The lowest BCUT2D eigenvalue weighted by Crippen LogP contribution is -2.62. The zero-order chi connectivity index (χ0) is 19.7. The van der Waals surface area contributed by atoms with Crippen molar-refractivity contribution in [1.29, 1.82) is 0 Å². The van der Waals surface area contributed by atoms with Crippen LogP contribution in [0.3, 0.4) is 0 Å². The molecule has 0 N–H and O–H groups in total. The van der Waals surface area contributed by atoms with E-state index in [9.17, 15) is 18.4 Å². The number of hydrogen-bond donors (Lipinski definition) is 0. The molecule has 7 heteroatoms. The number of morpholine rings is 1. The second kappa shape index (κ2) is 7.31. The molecule has 28 heavy (non-hydrogen) atoms. The van der Waals surface area contributed by atoms with Gasteiger partial charge < -0.3 is 14.5 Å². The van der Waals surface area contributed by atoms with Crippen molar-refractivity contribution in [3.63, 3.8) is 0 Å². The van der Waals surface area contributed by atoms with Gasteiger partial charge in [-0.1, -0.05) is 18.2 Å². The predicted octanol–water partition coefficient (Wildman–Crippen LogP) is 3.00. The van der Waals surface area contributed by atoms with Crippen molar-refractivity contribution in [2.45, 2.75) is 18.4 Å². The number of hydrogen-bond acceptors (Lipinski definition) is 3. The van der Waals surface area contributed by atoms with E-state index < -0.39 is 23.1 Å². The van der Waals surface area contributed by atoms with Crippen LogP contribution < -0.4 is 4.90 Å². The number of ether oxygens (including phenoxy) is 1. The van der Waals surface area contributed by atoms with Crippen molar-refractivity contribution in [3.8, 4) is 0 Å². The van der Waals surface area contributed by atoms with Gasteiger partial charge in [0.1, 0.15) is 23.8 Å². The number of carbonyl (C=O) groups is 2. The SMILES string of the molecule is O=C(c1ccc(F)cc1F)N1CCCC2(C1)CN(c1ccccc1)C(=O)CO2. The third kappa shape index (κ3) is 3.49. The molecule has 0 aromatic heterocycles. The second-order valence-electron chi connectivity index (χ2n) is 7.24. The highest BCUT2D eigenvalue weighted by Gasteiger charge is 2.44. The highest BCUT2D eigenvalue weighted by Crippen LogP contribution is 2.32. The highest BCUT2D eigenvalue weighted by molar-refractivity contribution is 5.96. The van der Waals surface area contributed by atoms with Gasteiger partial charge in [-0.25, -0.2) is 8.78 Å². The molecule has 2 saturated heterocycles. The number of rotatable bonds is 2. The van der Waals surface area contributed by atoms with Gasteiger partial charge >= 0.3 is 0 Å². The minimum Gasteiger partial charge on any atom is -0.361 e. The Balaban J connectivity index is 1.55. The summed E-state index contributed by atoms with van der Waals surface area (Å²) in [6.07, 6.45) is 1.37. The van der Waals surface area contributed by atoms with Gasteiger partial charge in [-0.2, -0.15) is 0 Å². The monoisotopic (exact) mass is 386 g/mol. The van der Waals surface area contributed by atoms with Crippen LogP contribution in [0.2, 0.25) is 0 Å². The number of benzene rings is 2. The number of halogens is 2. The normalized spacial score (nSPS) is 22.6. The van der Waals surface area contributed by atoms with Crippen LogP contribution >= 0.6 is 0 Å². The molecule has 1 unspecified atom stereocenters. The molecule has 2 aliphatic heterocycles. The summed E-state index contributed by atoms with van der Waals surface area (Å²) in [4.78, 5) is 28.4. The van der Waals surface area contributed by atoms with Gasteiger partial charge in [0.25, 0.3) is 11.8 Å². The van der Waals surface area contributed by atoms with Gasteiger partial charge in [0.15, 0.2) is 0 Å². The first-order chi connectivity index (χ1) is 13.5. The fraction of sp³-hybridized carbons (Fsp3) is 0.333. The Morgan fingerprint density at radius 3 is 2.61 bits per heavy atom. The van der Waals surface area contributed by atoms with Crippen molar-refractivity contribution in [2.24, 2.45) is 0 Å². The molecule has 4 rings (SSSR count). The minimum absolute atomic E-state index is 0.0676. The minimum atomic E-state index is -0.879. The summed E-state index contributed by atoms with van der Waals surface area (Å²) in [6.45, 7) is 0.965. The molecular formula is C21H20F2N2O3. The molecule has 2 aromatic rings. The average Bonchev–Trinajstić information content (AvgIpc) is 2.70. The van der Waals surface area contributed by atoms with E-state index in [1.165, 1.54) is 4.90 Å². The van der Waals surface area contributed by atoms with Crippen LogP contribution in [0.25, 0.3) is 0 Å². The summed E-state index contributed by atoms with van der Waals surface area (Å²) in [5.74, 6) is -2.24. The average molecular weight is 386 g/mol. The van der Waals surface area contributed by atoms with Gasteiger partial charge in [0.05, 0.1) is 18.7 Å². The maximum Gasteiger partial charge on any atom is 0.256 e. The summed E-state index contributed by atoms with van der Waals surface area (Å²) in [6, 6.07) is 12.3. The summed E-state index contributed by atoms with van der Waals surface area (Å²) in [7, 11) is 0. The highest BCUT2D eigenvalue weighted by atomic mass is 19.1. The Morgan fingerprint density at radius 2 is 1.86 bits per heavy atom. The summed E-state index contributed by atoms with van der Waals surface area (Å²) < 4.78 is 33.1. The zero-order valence-corrected chi connectivity index (χ0v) is 15.2. The first-order valence-electron chi connectivity index (χ1n) is 9.21. The molecule has 2 heterocycles. The number of amides is 2. The number of likely N-dealkylation sites (tertiary alicyclic amines) is 1. The van der Waals surface area contributed by atoms with Crippen LogP contribution in [0.5, 0.6) is 0 Å². The third-order valence-electron chi connectivity index (χ3n) is 5.31. The topological polar surface area (TPSA) is 49.9 Å². The maximum absolute atomic E-state index is 14.1. The lowest BCUT2D eigenvalue weighted by Gasteiger charge is -2.47. The fourth-order valence-electron chi connectivity index (χ4n) is 3.91. The van der Waals surface area contributed by atoms with Crippen LogP contribution in [-0.2, 0) is 9.53 Å². The molecule has 2 aromatic carbocycles. The van der Waals surface area contributed by atoms with Gasteiger partial charge in [-0.15, -0.1) is 0 Å². The van der Waals surface area contributed by atoms with E-state index in [-0.39, 0.29) is 24.6 Å². The Labute approximate surface area is 161 Å². The quantitative estimate of drug-likeness (QED) is 0.797. The Hall–Kier alpha value is -2.80.